The van der Waals surface area contributed by atoms with Gasteiger partial charge in [-0.15, -0.1) is 0 Å². The minimum absolute atomic E-state index is 0.0174. The van der Waals surface area contributed by atoms with Crippen LogP contribution >= 0.6 is 0 Å². The van der Waals surface area contributed by atoms with E-state index in [0.717, 1.165) is 32.4 Å². The standard InChI is InChI=1S/C22H43NO3/c1-3-4-5-6-7-8-9-10-11-12-13-14-15-16-19-25-22(24)26-21-17-18-23(2)20-21/h21H,3-20H2,1-2H3. The third kappa shape index (κ3) is 13.4. The molecule has 0 saturated carbocycles. The van der Waals surface area contributed by atoms with Gasteiger partial charge in [0.15, 0.2) is 0 Å². The Morgan fingerprint density at radius 3 is 1.81 bits per heavy atom. The fourth-order valence-corrected chi connectivity index (χ4v) is 3.61. The molecule has 1 atom stereocenters. The van der Waals surface area contributed by atoms with Gasteiger partial charge in [-0.25, -0.2) is 4.79 Å². The average molecular weight is 370 g/mol. The fraction of sp³-hybridized carbons (Fsp3) is 0.955. The van der Waals surface area contributed by atoms with Crippen LogP contribution in [0.5, 0.6) is 0 Å². The van der Waals surface area contributed by atoms with Crippen molar-refractivity contribution >= 4 is 6.16 Å². The Hall–Kier alpha value is -0.770. The highest BCUT2D eigenvalue weighted by atomic mass is 16.7. The predicted molar refractivity (Wildman–Crippen MR) is 109 cm³/mol. The number of ether oxygens (including phenoxy) is 2. The second kappa shape index (κ2) is 16.4. The molecule has 0 N–H and O–H groups in total. The Morgan fingerprint density at radius 2 is 1.35 bits per heavy atom. The van der Waals surface area contributed by atoms with Crippen LogP contribution in [0.3, 0.4) is 0 Å². The lowest BCUT2D eigenvalue weighted by Crippen LogP contribution is -2.22. The van der Waals surface area contributed by atoms with E-state index in [9.17, 15) is 4.79 Å². The molecule has 0 bridgehead atoms. The summed E-state index contributed by atoms with van der Waals surface area (Å²) in [5.74, 6) is 0. The predicted octanol–water partition coefficient (Wildman–Crippen LogP) is 6.33. The Labute approximate surface area is 162 Å². The van der Waals surface area contributed by atoms with E-state index in [2.05, 4.69) is 11.8 Å². The van der Waals surface area contributed by atoms with Gasteiger partial charge < -0.3 is 14.4 Å². The van der Waals surface area contributed by atoms with Crippen molar-refractivity contribution in [3.05, 3.63) is 0 Å². The number of nitrogens with zero attached hydrogens (tertiary/aromatic N) is 1. The fourth-order valence-electron chi connectivity index (χ4n) is 3.61. The van der Waals surface area contributed by atoms with Gasteiger partial charge in [-0.1, -0.05) is 90.4 Å². The van der Waals surface area contributed by atoms with Gasteiger partial charge in [-0.2, -0.15) is 0 Å². The zero-order valence-corrected chi connectivity index (χ0v) is 17.5. The van der Waals surface area contributed by atoms with E-state index in [1.807, 2.05) is 7.05 Å². The van der Waals surface area contributed by atoms with Crippen molar-refractivity contribution in [1.82, 2.24) is 4.90 Å². The van der Waals surface area contributed by atoms with Crippen LogP contribution in [0.15, 0.2) is 0 Å². The average Bonchev–Trinajstić information content (AvgIpc) is 3.03. The number of rotatable bonds is 16. The van der Waals surface area contributed by atoms with Crippen LogP contribution in [-0.4, -0.2) is 43.9 Å². The number of likely N-dealkylation sites (tertiary alicyclic amines) is 1. The number of likely N-dealkylation sites (N-methyl/N-ethyl adjacent to an activating group) is 1. The minimum atomic E-state index is -0.486. The first-order chi connectivity index (χ1) is 12.7. The summed E-state index contributed by atoms with van der Waals surface area (Å²) >= 11 is 0. The van der Waals surface area contributed by atoms with Gasteiger partial charge in [-0.05, 0) is 19.9 Å². The molecule has 1 aliphatic rings. The number of carbonyl (C=O) groups excluding carboxylic acids is 1. The topological polar surface area (TPSA) is 38.8 Å². The quantitative estimate of drug-likeness (QED) is 0.235. The van der Waals surface area contributed by atoms with Crippen molar-refractivity contribution in [2.24, 2.45) is 0 Å². The minimum Gasteiger partial charge on any atom is -0.434 e. The van der Waals surface area contributed by atoms with E-state index >= 15 is 0 Å². The molecule has 26 heavy (non-hydrogen) atoms. The molecule has 1 aliphatic heterocycles. The van der Waals surface area contributed by atoms with Crippen LogP contribution < -0.4 is 0 Å². The van der Waals surface area contributed by atoms with Crippen LogP contribution in [0.1, 0.15) is 103 Å². The second-order valence-corrected chi connectivity index (χ2v) is 7.99. The summed E-state index contributed by atoms with van der Waals surface area (Å²) in [6, 6.07) is 0. The van der Waals surface area contributed by atoms with Gasteiger partial charge >= 0.3 is 6.16 Å². The monoisotopic (exact) mass is 369 g/mol. The van der Waals surface area contributed by atoms with Gasteiger partial charge in [0.05, 0.1) is 6.61 Å². The third-order valence-electron chi connectivity index (χ3n) is 5.33. The van der Waals surface area contributed by atoms with Crippen molar-refractivity contribution in [2.75, 3.05) is 26.7 Å². The lowest BCUT2D eigenvalue weighted by atomic mass is 10.0. The molecule has 0 aliphatic carbocycles. The van der Waals surface area contributed by atoms with E-state index in [1.54, 1.807) is 0 Å². The van der Waals surface area contributed by atoms with Crippen LogP contribution in [0, 0.1) is 0 Å². The van der Waals surface area contributed by atoms with Gasteiger partial charge in [0.2, 0.25) is 0 Å². The highest BCUT2D eigenvalue weighted by Crippen LogP contribution is 2.13. The van der Waals surface area contributed by atoms with Crippen molar-refractivity contribution < 1.29 is 14.3 Å². The molecule has 0 amide bonds. The Balaban J connectivity index is 1.73. The van der Waals surface area contributed by atoms with Gasteiger partial charge in [0.25, 0.3) is 0 Å². The van der Waals surface area contributed by atoms with Crippen LogP contribution in [0.25, 0.3) is 0 Å². The molecule has 0 aromatic heterocycles. The largest absolute Gasteiger partial charge is 0.508 e. The molecular formula is C22H43NO3. The van der Waals surface area contributed by atoms with E-state index in [-0.39, 0.29) is 6.10 Å². The highest BCUT2D eigenvalue weighted by Gasteiger charge is 2.23. The SMILES string of the molecule is CCCCCCCCCCCCCCCCOC(=O)OC1CCN(C)C1. The van der Waals surface area contributed by atoms with Crippen molar-refractivity contribution in [3.63, 3.8) is 0 Å². The molecule has 0 spiro atoms. The Kier molecular flexibility index (Phi) is 14.7. The molecule has 0 radical (unpaired) electrons. The first-order valence-corrected chi connectivity index (χ1v) is 11.2. The van der Waals surface area contributed by atoms with Crippen LogP contribution in [0.4, 0.5) is 4.79 Å². The summed E-state index contributed by atoms with van der Waals surface area (Å²) in [5.41, 5.74) is 0. The molecule has 1 fully saturated rings. The maximum Gasteiger partial charge on any atom is 0.508 e. The molecule has 1 saturated heterocycles. The van der Waals surface area contributed by atoms with Crippen LogP contribution in [-0.2, 0) is 9.47 Å². The molecule has 4 heteroatoms. The molecule has 0 aromatic carbocycles. The molecule has 1 unspecified atom stereocenters. The maximum atomic E-state index is 11.6. The molecule has 0 aromatic rings. The first kappa shape index (κ1) is 23.3. The lowest BCUT2D eigenvalue weighted by Gasteiger charge is -2.12. The summed E-state index contributed by atoms with van der Waals surface area (Å²) < 4.78 is 10.5. The van der Waals surface area contributed by atoms with Crippen LogP contribution in [0.2, 0.25) is 0 Å². The number of carbonyl (C=O) groups is 1. The molecule has 154 valence electrons. The number of hydrogen-bond donors (Lipinski definition) is 0. The van der Waals surface area contributed by atoms with Gasteiger partial charge in [0, 0.05) is 13.1 Å². The zero-order chi connectivity index (χ0) is 18.9. The third-order valence-corrected chi connectivity index (χ3v) is 5.33. The number of unbranched alkanes of at least 4 members (excludes halogenated alkanes) is 13. The van der Waals surface area contributed by atoms with Gasteiger partial charge in [0.1, 0.15) is 6.10 Å². The number of hydrogen-bond acceptors (Lipinski definition) is 4. The van der Waals surface area contributed by atoms with Crippen molar-refractivity contribution in [2.45, 2.75) is 109 Å². The summed E-state index contributed by atoms with van der Waals surface area (Å²) in [6.07, 6.45) is 19.1. The summed E-state index contributed by atoms with van der Waals surface area (Å²) in [4.78, 5) is 13.7. The second-order valence-electron chi connectivity index (χ2n) is 7.99. The molecule has 1 rings (SSSR count). The van der Waals surface area contributed by atoms with E-state index < -0.39 is 6.16 Å². The van der Waals surface area contributed by atoms with E-state index in [1.165, 1.54) is 77.0 Å². The van der Waals surface area contributed by atoms with E-state index in [0.29, 0.717) is 6.61 Å². The Morgan fingerprint density at radius 1 is 0.846 bits per heavy atom. The van der Waals surface area contributed by atoms with Crippen molar-refractivity contribution in [3.8, 4) is 0 Å². The Bertz CT molecular complexity index is 335. The maximum absolute atomic E-state index is 11.6. The zero-order valence-electron chi connectivity index (χ0n) is 17.5. The van der Waals surface area contributed by atoms with Gasteiger partial charge in [-0.3, -0.25) is 0 Å². The summed E-state index contributed by atoms with van der Waals surface area (Å²) in [5, 5.41) is 0. The molecular weight excluding hydrogens is 326 g/mol. The lowest BCUT2D eigenvalue weighted by molar-refractivity contribution is 0.0262. The van der Waals surface area contributed by atoms with Crippen molar-refractivity contribution in [1.29, 1.82) is 0 Å². The highest BCUT2D eigenvalue weighted by molar-refractivity contribution is 5.60. The smallest absolute Gasteiger partial charge is 0.434 e. The molecule has 4 nitrogen and oxygen atoms in total. The molecule has 1 heterocycles. The summed E-state index contributed by atoms with van der Waals surface area (Å²) in [7, 11) is 2.04. The first-order valence-electron chi connectivity index (χ1n) is 11.2. The summed E-state index contributed by atoms with van der Waals surface area (Å²) in [6.45, 7) is 4.60. The normalized spacial score (nSPS) is 17.5. The van der Waals surface area contributed by atoms with E-state index in [4.69, 9.17) is 9.47 Å².